The van der Waals surface area contributed by atoms with E-state index in [0.717, 1.165) is 10.9 Å². The van der Waals surface area contributed by atoms with Gasteiger partial charge < -0.3 is 8.83 Å². The van der Waals surface area contributed by atoms with Gasteiger partial charge in [-0.2, -0.15) is 5.10 Å². The van der Waals surface area contributed by atoms with E-state index in [1.54, 1.807) is 36.4 Å². The summed E-state index contributed by atoms with van der Waals surface area (Å²) in [6, 6.07) is 18.5. The Morgan fingerprint density at radius 3 is 2.44 bits per heavy atom. The quantitative estimate of drug-likeness (QED) is 0.249. The van der Waals surface area contributed by atoms with Crippen LogP contribution in [0, 0.1) is 6.92 Å². The summed E-state index contributed by atoms with van der Waals surface area (Å²) in [5.41, 5.74) is 4.45. The van der Waals surface area contributed by atoms with Gasteiger partial charge in [0, 0.05) is 28.9 Å². The number of fused-ring (bicyclic) bond motifs is 1. The van der Waals surface area contributed by atoms with Crippen LogP contribution in [0.2, 0.25) is 0 Å². The zero-order valence-electron chi connectivity index (χ0n) is 18.9. The summed E-state index contributed by atoms with van der Waals surface area (Å²) in [6.07, 6.45) is 4.25. The number of furan rings is 2. The summed E-state index contributed by atoms with van der Waals surface area (Å²) in [4.78, 5) is 20.2. The number of aryl methyl sites for hydroxylation is 1. The number of hydrogen-bond donors (Lipinski definition) is 2. The molecular weight excluding hydrogens is 482 g/mol. The number of sulfonamides is 1. The van der Waals surface area contributed by atoms with Gasteiger partial charge in [-0.05, 0) is 55.5 Å². The second-order valence-electron chi connectivity index (χ2n) is 7.66. The van der Waals surface area contributed by atoms with Crippen molar-refractivity contribution < 1.29 is 22.0 Å². The maximum atomic E-state index is 12.5. The topological polar surface area (TPSA) is 140 Å². The molecule has 0 radical (unpaired) electrons. The van der Waals surface area contributed by atoms with Gasteiger partial charge in [0.2, 0.25) is 5.95 Å². The molecule has 0 aliphatic carbocycles. The van der Waals surface area contributed by atoms with Crippen molar-refractivity contribution in [3.8, 4) is 11.3 Å². The Labute approximate surface area is 205 Å². The van der Waals surface area contributed by atoms with E-state index in [0.29, 0.717) is 22.7 Å². The third kappa shape index (κ3) is 4.72. The van der Waals surface area contributed by atoms with Crippen molar-refractivity contribution in [1.29, 1.82) is 0 Å². The lowest BCUT2D eigenvalue weighted by Gasteiger charge is -2.06. The Morgan fingerprint density at radius 2 is 1.69 bits per heavy atom. The molecule has 0 atom stereocenters. The molecule has 0 bridgehead atoms. The fourth-order valence-electron chi connectivity index (χ4n) is 3.50. The summed E-state index contributed by atoms with van der Waals surface area (Å²) in [7, 11) is -3.84. The predicted octanol–water partition coefficient (Wildman–Crippen LogP) is 4.36. The molecule has 2 N–H and O–H groups in total. The number of carbonyl (C=O) groups is 1. The van der Waals surface area contributed by atoms with Crippen molar-refractivity contribution in [3.63, 3.8) is 0 Å². The number of rotatable bonds is 7. The third-order valence-corrected chi connectivity index (χ3v) is 6.62. The lowest BCUT2D eigenvalue weighted by atomic mass is 10.1. The number of anilines is 1. The van der Waals surface area contributed by atoms with Crippen LogP contribution in [0.1, 0.15) is 21.9 Å². The monoisotopic (exact) mass is 501 g/mol. The van der Waals surface area contributed by atoms with Crippen LogP contribution in [0.3, 0.4) is 0 Å². The average molecular weight is 502 g/mol. The minimum atomic E-state index is -3.84. The first-order valence-electron chi connectivity index (χ1n) is 10.7. The number of amides is 1. The predicted molar refractivity (Wildman–Crippen MR) is 133 cm³/mol. The molecule has 5 rings (SSSR count). The SMILES string of the molecule is Cc1c(C(=O)NN=Cc2ccc(-c3ccc(S(=O)(=O)Nc4ncccn4)cc3)o2)oc2ccccc12. The molecule has 3 heterocycles. The van der Waals surface area contributed by atoms with Gasteiger partial charge in [-0.3, -0.25) is 4.79 Å². The summed E-state index contributed by atoms with van der Waals surface area (Å²) >= 11 is 0. The van der Waals surface area contributed by atoms with Gasteiger partial charge in [0.1, 0.15) is 17.1 Å². The zero-order chi connectivity index (χ0) is 25.1. The Kier molecular flexibility index (Phi) is 6.05. The minimum absolute atomic E-state index is 0.0147. The van der Waals surface area contributed by atoms with Crippen molar-refractivity contribution in [2.75, 3.05) is 4.72 Å². The normalized spacial score (nSPS) is 11.7. The van der Waals surface area contributed by atoms with Gasteiger partial charge in [0.05, 0.1) is 11.1 Å². The second kappa shape index (κ2) is 9.47. The van der Waals surface area contributed by atoms with Crippen LogP contribution in [0.5, 0.6) is 0 Å². The van der Waals surface area contributed by atoms with Crippen LogP contribution in [-0.4, -0.2) is 30.5 Å². The van der Waals surface area contributed by atoms with Gasteiger partial charge >= 0.3 is 5.91 Å². The van der Waals surface area contributed by atoms with Crippen molar-refractivity contribution in [1.82, 2.24) is 15.4 Å². The molecule has 0 fully saturated rings. The van der Waals surface area contributed by atoms with E-state index in [4.69, 9.17) is 8.83 Å². The summed E-state index contributed by atoms with van der Waals surface area (Å²) in [5.74, 6) is 0.597. The molecule has 0 saturated carbocycles. The number of para-hydroxylation sites is 1. The molecule has 10 nitrogen and oxygen atoms in total. The lowest BCUT2D eigenvalue weighted by molar-refractivity contribution is 0.0928. The van der Waals surface area contributed by atoms with Gasteiger partial charge in [0.15, 0.2) is 5.76 Å². The number of benzene rings is 2. The fourth-order valence-corrected chi connectivity index (χ4v) is 4.46. The van der Waals surface area contributed by atoms with E-state index in [9.17, 15) is 13.2 Å². The highest BCUT2D eigenvalue weighted by molar-refractivity contribution is 7.92. The van der Waals surface area contributed by atoms with Crippen molar-refractivity contribution in [2.24, 2.45) is 5.10 Å². The Bertz CT molecular complexity index is 1670. The Hall–Kier alpha value is -4.77. The molecule has 0 saturated heterocycles. The van der Waals surface area contributed by atoms with Crippen LogP contribution in [-0.2, 0) is 10.0 Å². The number of carbonyl (C=O) groups excluding carboxylic acids is 1. The van der Waals surface area contributed by atoms with E-state index in [-0.39, 0.29) is 16.6 Å². The first-order valence-corrected chi connectivity index (χ1v) is 12.2. The molecule has 0 unspecified atom stereocenters. The van der Waals surface area contributed by atoms with E-state index in [1.807, 2.05) is 25.1 Å². The molecular formula is C25H19N5O5S. The number of hydrazone groups is 1. The standard InChI is InChI=1S/C25H19N5O5S/c1-16-20-5-2-3-6-22(20)35-23(16)24(31)29-28-15-18-9-12-21(34-18)17-7-10-19(11-8-17)36(32,33)30-25-26-13-4-14-27-25/h2-15H,1H3,(H,29,31)(H,26,27,30). The zero-order valence-corrected chi connectivity index (χ0v) is 19.7. The number of hydrogen-bond acceptors (Lipinski definition) is 8. The molecule has 3 aromatic heterocycles. The highest BCUT2D eigenvalue weighted by Gasteiger charge is 2.17. The van der Waals surface area contributed by atoms with E-state index >= 15 is 0 Å². The average Bonchev–Trinajstić information content (AvgIpc) is 3.49. The Balaban J connectivity index is 1.24. The molecule has 1 amide bonds. The third-order valence-electron chi connectivity index (χ3n) is 5.28. The number of nitrogens with zero attached hydrogens (tertiary/aromatic N) is 3. The molecule has 0 aliphatic rings. The highest BCUT2D eigenvalue weighted by Crippen LogP contribution is 2.25. The summed E-state index contributed by atoms with van der Waals surface area (Å²) < 4.78 is 38.7. The molecule has 180 valence electrons. The van der Waals surface area contributed by atoms with Gasteiger partial charge in [0.25, 0.3) is 10.0 Å². The summed E-state index contributed by atoms with van der Waals surface area (Å²) in [5, 5.41) is 4.81. The Morgan fingerprint density at radius 1 is 0.944 bits per heavy atom. The largest absolute Gasteiger partial charge is 0.455 e. The smallest absolute Gasteiger partial charge is 0.307 e. The van der Waals surface area contributed by atoms with Crippen LogP contribution in [0.25, 0.3) is 22.3 Å². The van der Waals surface area contributed by atoms with Gasteiger partial charge in [-0.1, -0.05) is 18.2 Å². The maximum absolute atomic E-state index is 12.5. The first-order chi connectivity index (χ1) is 17.4. The van der Waals surface area contributed by atoms with E-state index in [2.05, 4.69) is 25.2 Å². The van der Waals surface area contributed by atoms with Gasteiger partial charge in [-0.25, -0.2) is 28.5 Å². The number of aromatic nitrogens is 2. The first kappa shape index (κ1) is 23.0. The van der Waals surface area contributed by atoms with Crippen molar-refractivity contribution in [2.45, 2.75) is 11.8 Å². The highest BCUT2D eigenvalue weighted by atomic mass is 32.2. The van der Waals surface area contributed by atoms with Crippen LogP contribution >= 0.6 is 0 Å². The van der Waals surface area contributed by atoms with Crippen LogP contribution < -0.4 is 10.1 Å². The molecule has 0 spiro atoms. The molecule has 36 heavy (non-hydrogen) atoms. The van der Waals surface area contributed by atoms with Crippen molar-refractivity contribution >= 4 is 39.1 Å². The molecule has 11 heteroatoms. The summed E-state index contributed by atoms with van der Waals surface area (Å²) in [6.45, 7) is 1.81. The minimum Gasteiger partial charge on any atom is -0.455 e. The van der Waals surface area contributed by atoms with E-state index in [1.165, 1.54) is 30.7 Å². The maximum Gasteiger partial charge on any atom is 0.307 e. The molecule has 0 aliphatic heterocycles. The fraction of sp³-hybridized carbons (Fsp3) is 0.0400. The lowest BCUT2D eigenvalue weighted by Crippen LogP contribution is -2.17. The molecule has 5 aromatic rings. The van der Waals surface area contributed by atoms with Gasteiger partial charge in [-0.15, -0.1) is 0 Å². The molecule has 2 aromatic carbocycles. The van der Waals surface area contributed by atoms with Crippen LogP contribution in [0.15, 0.2) is 98.0 Å². The van der Waals surface area contributed by atoms with E-state index < -0.39 is 15.9 Å². The van der Waals surface area contributed by atoms with Crippen LogP contribution in [0.4, 0.5) is 5.95 Å². The number of nitrogens with one attached hydrogen (secondary N) is 2. The second-order valence-corrected chi connectivity index (χ2v) is 9.34. The van der Waals surface area contributed by atoms with Crippen molar-refractivity contribution in [3.05, 3.63) is 96.2 Å².